The van der Waals surface area contributed by atoms with Crippen LogP contribution in [0.15, 0.2) is 59.6 Å². The van der Waals surface area contributed by atoms with Crippen molar-refractivity contribution in [3.8, 4) is 17.3 Å². The van der Waals surface area contributed by atoms with Gasteiger partial charge >= 0.3 is 0 Å². The van der Waals surface area contributed by atoms with Crippen LogP contribution < -0.4 is 5.32 Å². The number of rotatable bonds is 5. The minimum absolute atomic E-state index is 0.274. The first-order valence-electron chi connectivity index (χ1n) is 9.14. The molecule has 0 aliphatic rings. The molecule has 0 spiro atoms. The Hall–Kier alpha value is -2.52. The molecule has 0 aliphatic carbocycles. The van der Waals surface area contributed by atoms with Crippen LogP contribution in [0.1, 0.15) is 25.0 Å². The van der Waals surface area contributed by atoms with E-state index in [9.17, 15) is 10.1 Å². The average molecular weight is 456 g/mol. The summed E-state index contributed by atoms with van der Waals surface area (Å²) >= 11 is 13.5. The Morgan fingerprint density at radius 3 is 2.50 bits per heavy atom. The molecule has 2 aromatic carbocycles. The van der Waals surface area contributed by atoms with Crippen molar-refractivity contribution in [2.45, 2.75) is 30.5 Å². The number of aryl methyl sites for hydroxylation is 1. The summed E-state index contributed by atoms with van der Waals surface area (Å²) in [5.41, 5.74) is 3.50. The Labute approximate surface area is 190 Å². The molecule has 0 unspecified atom stereocenters. The number of hydrogen-bond acceptors (Lipinski definition) is 4. The highest BCUT2D eigenvalue weighted by Crippen LogP contribution is 2.37. The third kappa shape index (κ3) is 4.79. The normalized spacial score (nSPS) is 11.1. The Morgan fingerprint density at radius 2 is 1.83 bits per heavy atom. The van der Waals surface area contributed by atoms with Crippen LogP contribution in [-0.2, 0) is 4.79 Å². The van der Waals surface area contributed by atoms with Gasteiger partial charge in [-0.3, -0.25) is 4.79 Å². The van der Waals surface area contributed by atoms with Crippen molar-refractivity contribution in [1.82, 2.24) is 4.98 Å². The highest BCUT2D eigenvalue weighted by molar-refractivity contribution is 8.01. The van der Waals surface area contributed by atoms with Crippen LogP contribution in [-0.4, -0.2) is 15.6 Å². The fraction of sp³-hybridized carbons (Fsp3) is 0.174. The van der Waals surface area contributed by atoms with E-state index in [0.29, 0.717) is 21.3 Å². The maximum Gasteiger partial charge on any atom is 0.240 e. The Balaban J connectivity index is 1.92. The highest BCUT2D eigenvalue weighted by atomic mass is 35.5. The van der Waals surface area contributed by atoms with Crippen molar-refractivity contribution in [3.05, 3.63) is 75.8 Å². The van der Waals surface area contributed by atoms with Crippen molar-refractivity contribution in [1.29, 1.82) is 5.26 Å². The van der Waals surface area contributed by atoms with Gasteiger partial charge in [0.25, 0.3) is 0 Å². The minimum Gasteiger partial charge on any atom is -0.324 e. The smallest absolute Gasteiger partial charge is 0.240 e. The summed E-state index contributed by atoms with van der Waals surface area (Å²) in [5.74, 6) is -0.274. The predicted molar refractivity (Wildman–Crippen MR) is 124 cm³/mol. The molecule has 0 fully saturated rings. The number of halogens is 2. The number of nitrogens with one attached hydrogen (secondary N) is 1. The van der Waals surface area contributed by atoms with E-state index in [2.05, 4.69) is 11.4 Å². The quantitative estimate of drug-likeness (QED) is 0.432. The molecule has 3 rings (SSSR count). The van der Waals surface area contributed by atoms with Gasteiger partial charge in [-0.2, -0.15) is 5.26 Å². The number of benzene rings is 2. The molecule has 7 heteroatoms. The summed E-state index contributed by atoms with van der Waals surface area (Å²) in [4.78, 5) is 17.7. The van der Waals surface area contributed by atoms with E-state index >= 15 is 0 Å². The van der Waals surface area contributed by atoms with Gasteiger partial charge in [-0.1, -0.05) is 71.4 Å². The van der Waals surface area contributed by atoms with Gasteiger partial charge in [-0.25, -0.2) is 4.98 Å². The molecule has 0 radical (unpaired) electrons. The van der Waals surface area contributed by atoms with E-state index in [0.717, 1.165) is 16.8 Å². The standard InChI is InChI=1S/C23H19Cl2N3OS/c1-14-12-16(13-26)21(28-20(14)15-8-5-4-6-9-15)30-23(2,3)22(29)27-18-11-7-10-17(24)19(18)25/h4-12H,1-3H3,(H,27,29). The summed E-state index contributed by atoms with van der Waals surface area (Å²) in [6, 6.07) is 18.8. The van der Waals surface area contributed by atoms with Crippen molar-refractivity contribution < 1.29 is 4.79 Å². The molecule has 0 saturated carbocycles. The molecule has 1 amide bonds. The van der Waals surface area contributed by atoms with E-state index in [-0.39, 0.29) is 10.9 Å². The van der Waals surface area contributed by atoms with Crippen molar-refractivity contribution in [3.63, 3.8) is 0 Å². The minimum atomic E-state index is -0.923. The van der Waals surface area contributed by atoms with E-state index < -0.39 is 4.75 Å². The lowest BCUT2D eigenvalue weighted by molar-refractivity contribution is -0.117. The molecular formula is C23H19Cl2N3OS. The number of nitrogens with zero attached hydrogens (tertiary/aromatic N) is 2. The molecule has 0 bridgehead atoms. The fourth-order valence-electron chi connectivity index (χ4n) is 2.80. The van der Waals surface area contributed by atoms with Crippen LogP contribution in [0.3, 0.4) is 0 Å². The van der Waals surface area contributed by atoms with Gasteiger partial charge in [0, 0.05) is 5.56 Å². The zero-order valence-electron chi connectivity index (χ0n) is 16.7. The number of carbonyl (C=O) groups excluding carboxylic acids is 1. The van der Waals surface area contributed by atoms with Gasteiger partial charge < -0.3 is 5.32 Å². The number of nitriles is 1. The maximum atomic E-state index is 13.0. The molecule has 30 heavy (non-hydrogen) atoms. The van der Waals surface area contributed by atoms with Crippen LogP contribution in [0.4, 0.5) is 5.69 Å². The van der Waals surface area contributed by atoms with E-state index in [4.69, 9.17) is 28.2 Å². The largest absolute Gasteiger partial charge is 0.324 e. The van der Waals surface area contributed by atoms with Crippen LogP contribution >= 0.6 is 35.0 Å². The molecule has 3 aromatic rings. The molecule has 1 N–H and O–H groups in total. The molecule has 0 atom stereocenters. The number of hydrogen-bond donors (Lipinski definition) is 1. The lowest BCUT2D eigenvalue weighted by Gasteiger charge is -2.24. The van der Waals surface area contributed by atoms with Crippen LogP contribution in [0.25, 0.3) is 11.3 Å². The summed E-state index contributed by atoms with van der Waals surface area (Å²) in [6.45, 7) is 5.47. The predicted octanol–water partition coefficient (Wildman–Crippen LogP) is 6.74. The topological polar surface area (TPSA) is 65.8 Å². The summed E-state index contributed by atoms with van der Waals surface area (Å²) in [7, 11) is 0. The van der Waals surface area contributed by atoms with Gasteiger partial charge in [0.15, 0.2) is 0 Å². The van der Waals surface area contributed by atoms with Crippen molar-refractivity contribution >= 4 is 46.6 Å². The molecule has 1 aromatic heterocycles. The van der Waals surface area contributed by atoms with Gasteiger partial charge in [0.1, 0.15) is 11.1 Å². The fourth-order valence-corrected chi connectivity index (χ4v) is 4.13. The number of pyridine rings is 1. The summed E-state index contributed by atoms with van der Waals surface area (Å²) in [6.07, 6.45) is 0. The maximum absolute atomic E-state index is 13.0. The number of thioether (sulfide) groups is 1. The SMILES string of the molecule is Cc1cc(C#N)c(SC(C)(C)C(=O)Nc2cccc(Cl)c2Cl)nc1-c1ccccc1. The molecule has 1 heterocycles. The average Bonchev–Trinajstić information content (AvgIpc) is 2.72. The second-order valence-electron chi connectivity index (χ2n) is 7.15. The second-order valence-corrected chi connectivity index (χ2v) is 9.55. The molecular weight excluding hydrogens is 437 g/mol. The number of carbonyl (C=O) groups is 1. The number of amides is 1. The first kappa shape index (κ1) is 22.2. The van der Waals surface area contributed by atoms with E-state index in [1.807, 2.05) is 37.3 Å². The monoisotopic (exact) mass is 455 g/mol. The molecule has 4 nitrogen and oxygen atoms in total. The molecule has 152 valence electrons. The van der Waals surface area contributed by atoms with E-state index in [1.54, 1.807) is 38.1 Å². The number of aromatic nitrogens is 1. The Kier molecular flexibility index (Phi) is 6.72. The third-order valence-corrected chi connectivity index (χ3v) is 6.46. The highest BCUT2D eigenvalue weighted by Gasteiger charge is 2.31. The first-order chi connectivity index (χ1) is 14.2. The van der Waals surface area contributed by atoms with Gasteiger partial charge in [0.05, 0.1) is 31.7 Å². The summed E-state index contributed by atoms with van der Waals surface area (Å²) in [5, 5.41) is 13.6. The Bertz CT molecular complexity index is 1140. The zero-order chi connectivity index (χ0) is 21.9. The first-order valence-corrected chi connectivity index (χ1v) is 10.7. The van der Waals surface area contributed by atoms with Crippen LogP contribution in [0, 0.1) is 18.3 Å². The zero-order valence-corrected chi connectivity index (χ0v) is 19.0. The van der Waals surface area contributed by atoms with Gasteiger partial charge in [-0.05, 0) is 44.5 Å². The van der Waals surface area contributed by atoms with Crippen LogP contribution in [0.2, 0.25) is 10.0 Å². The summed E-state index contributed by atoms with van der Waals surface area (Å²) < 4.78 is -0.923. The lowest BCUT2D eigenvalue weighted by Crippen LogP contribution is -2.34. The van der Waals surface area contributed by atoms with Gasteiger partial charge in [0.2, 0.25) is 5.91 Å². The Morgan fingerprint density at radius 1 is 1.13 bits per heavy atom. The molecule has 0 saturated heterocycles. The van der Waals surface area contributed by atoms with Gasteiger partial charge in [-0.15, -0.1) is 0 Å². The van der Waals surface area contributed by atoms with E-state index in [1.165, 1.54) is 11.8 Å². The molecule has 0 aliphatic heterocycles. The lowest BCUT2D eigenvalue weighted by atomic mass is 10.1. The van der Waals surface area contributed by atoms with Crippen molar-refractivity contribution in [2.75, 3.05) is 5.32 Å². The van der Waals surface area contributed by atoms with Crippen LogP contribution in [0.5, 0.6) is 0 Å². The van der Waals surface area contributed by atoms with Crippen molar-refractivity contribution in [2.24, 2.45) is 0 Å². The second kappa shape index (κ2) is 9.09. The number of anilines is 1. The third-order valence-electron chi connectivity index (χ3n) is 4.44.